The van der Waals surface area contributed by atoms with E-state index in [1.54, 1.807) is 12.1 Å². The maximum atomic E-state index is 12.1. The monoisotopic (exact) mass is 315 g/mol. The van der Waals surface area contributed by atoms with Crippen molar-refractivity contribution in [3.05, 3.63) is 23.9 Å². The molecule has 1 saturated carbocycles. The van der Waals surface area contributed by atoms with Gasteiger partial charge in [-0.1, -0.05) is 0 Å². The number of carbonyl (C=O) groups excluding carboxylic acids is 1. The Morgan fingerprint density at radius 3 is 2.74 bits per heavy atom. The van der Waals surface area contributed by atoms with Crippen LogP contribution in [0.15, 0.2) is 18.3 Å². The summed E-state index contributed by atoms with van der Waals surface area (Å²) < 4.78 is 11.1. The van der Waals surface area contributed by atoms with E-state index in [2.05, 4.69) is 10.3 Å². The van der Waals surface area contributed by atoms with Gasteiger partial charge in [-0.15, -0.1) is 0 Å². The second kappa shape index (κ2) is 7.42. The van der Waals surface area contributed by atoms with Gasteiger partial charge in [0.15, 0.2) is 0 Å². The Kier molecular flexibility index (Phi) is 5.09. The van der Waals surface area contributed by atoms with Gasteiger partial charge in [0.05, 0.1) is 18.1 Å². The predicted octanol–water partition coefficient (Wildman–Crippen LogP) is 1.80. The van der Waals surface area contributed by atoms with E-state index in [9.17, 15) is 4.79 Å². The molecule has 1 aliphatic carbocycles. The second-order valence-corrected chi connectivity index (χ2v) is 6.16. The normalized spacial score (nSPS) is 27.2. The highest BCUT2D eigenvalue weighted by Crippen LogP contribution is 2.23. The Morgan fingerprint density at radius 2 is 2.13 bits per heavy atom. The van der Waals surface area contributed by atoms with Crippen LogP contribution in [0, 0.1) is 17.2 Å². The molecule has 0 radical (unpaired) electrons. The van der Waals surface area contributed by atoms with E-state index in [1.165, 1.54) is 6.20 Å². The molecule has 2 aliphatic rings. The van der Waals surface area contributed by atoms with E-state index in [4.69, 9.17) is 14.7 Å². The van der Waals surface area contributed by atoms with Crippen molar-refractivity contribution >= 4 is 5.91 Å². The zero-order chi connectivity index (χ0) is 16.1. The van der Waals surface area contributed by atoms with Crippen molar-refractivity contribution in [1.29, 1.82) is 5.26 Å². The van der Waals surface area contributed by atoms with Crippen molar-refractivity contribution in [1.82, 2.24) is 10.3 Å². The molecule has 3 rings (SSSR count). The molecule has 1 atom stereocenters. The van der Waals surface area contributed by atoms with Gasteiger partial charge in [-0.2, -0.15) is 5.26 Å². The number of aromatic nitrogens is 1. The number of nitrogens with zero attached hydrogens (tertiary/aromatic N) is 2. The zero-order valence-electron chi connectivity index (χ0n) is 13.0. The van der Waals surface area contributed by atoms with Crippen LogP contribution in [0.1, 0.15) is 37.7 Å². The number of hydrogen-bond acceptors (Lipinski definition) is 5. The molecule has 1 unspecified atom stereocenters. The average Bonchev–Trinajstić information content (AvgIpc) is 3.12. The molecule has 0 spiro atoms. The van der Waals surface area contributed by atoms with Crippen LogP contribution in [0.3, 0.4) is 0 Å². The highest BCUT2D eigenvalue weighted by atomic mass is 16.5. The highest BCUT2D eigenvalue weighted by Gasteiger charge is 2.28. The lowest BCUT2D eigenvalue weighted by atomic mass is 9.92. The van der Waals surface area contributed by atoms with Crippen LogP contribution in [0.2, 0.25) is 0 Å². The molecule has 6 nitrogen and oxygen atoms in total. The molecule has 23 heavy (non-hydrogen) atoms. The summed E-state index contributed by atoms with van der Waals surface area (Å²) >= 11 is 0. The summed E-state index contributed by atoms with van der Waals surface area (Å²) in [6, 6.07) is 5.71. The summed E-state index contributed by atoms with van der Waals surface area (Å²) in [4.78, 5) is 16.2. The Hall–Kier alpha value is -2.13. The summed E-state index contributed by atoms with van der Waals surface area (Å²) in [5.74, 6) is 0.701. The van der Waals surface area contributed by atoms with Crippen LogP contribution < -0.4 is 10.1 Å². The molecule has 2 fully saturated rings. The zero-order valence-corrected chi connectivity index (χ0v) is 13.0. The highest BCUT2D eigenvalue weighted by molar-refractivity contribution is 5.79. The van der Waals surface area contributed by atoms with E-state index in [0.29, 0.717) is 24.7 Å². The summed E-state index contributed by atoms with van der Waals surface area (Å²) in [7, 11) is 0. The number of hydrogen-bond donors (Lipinski definition) is 1. The third-order valence-corrected chi connectivity index (χ3v) is 4.47. The molecule has 122 valence electrons. The molecule has 1 aliphatic heterocycles. The van der Waals surface area contributed by atoms with Crippen LogP contribution in [0.4, 0.5) is 0 Å². The van der Waals surface area contributed by atoms with Gasteiger partial charge in [0, 0.05) is 24.9 Å². The largest absolute Gasteiger partial charge is 0.474 e. The first-order valence-corrected chi connectivity index (χ1v) is 8.15. The van der Waals surface area contributed by atoms with Crippen molar-refractivity contribution < 1.29 is 14.3 Å². The van der Waals surface area contributed by atoms with Gasteiger partial charge in [0.2, 0.25) is 11.8 Å². The van der Waals surface area contributed by atoms with Gasteiger partial charge in [0.1, 0.15) is 12.2 Å². The summed E-state index contributed by atoms with van der Waals surface area (Å²) in [5.41, 5.74) is 0.527. The lowest BCUT2D eigenvalue weighted by Crippen LogP contribution is -2.42. The lowest BCUT2D eigenvalue weighted by molar-refractivity contribution is -0.126. The first-order valence-electron chi connectivity index (χ1n) is 8.15. The first-order chi connectivity index (χ1) is 11.2. The van der Waals surface area contributed by atoms with Gasteiger partial charge < -0.3 is 14.8 Å². The number of nitriles is 1. The van der Waals surface area contributed by atoms with Crippen molar-refractivity contribution in [2.45, 2.75) is 44.2 Å². The quantitative estimate of drug-likeness (QED) is 0.916. The second-order valence-electron chi connectivity index (χ2n) is 6.16. The molecule has 1 aromatic rings. The van der Waals surface area contributed by atoms with Crippen molar-refractivity contribution in [3.63, 3.8) is 0 Å². The molecule has 1 aromatic heterocycles. The number of nitrogens with one attached hydrogen (secondary N) is 1. The summed E-state index contributed by atoms with van der Waals surface area (Å²) in [6.07, 6.45) is 6.10. The maximum Gasteiger partial charge on any atom is 0.225 e. The van der Waals surface area contributed by atoms with Crippen molar-refractivity contribution in [3.8, 4) is 11.9 Å². The standard InChI is InChI=1S/C17H21N3O3/c18-9-12-1-6-16(19-10-12)23-15-4-2-14(3-5-15)20-17(21)13-7-8-22-11-13/h1,6,10,13-15H,2-5,7-8,11H2,(H,20,21). The van der Waals surface area contributed by atoms with Gasteiger partial charge in [-0.25, -0.2) is 4.98 Å². The van der Waals surface area contributed by atoms with Gasteiger partial charge in [-0.05, 0) is 38.2 Å². The minimum absolute atomic E-state index is 0.0202. The minimum Gasteiger partial charge on any atom is -0.474 e. The summed E-state index contributed by atoms with van der Waals surface area (Å²) in [5, 5.41) is 11.9. The molecule has 2 heterocycles. The van der Waals surface area contributed by atoms with Crippen molar-refractivity contribution in [2.24, 2.45) is 5.92 Å². The first kappa shape index (κ1) is 15.8. The average molecular weight is 315 g/mol. The van der Waals surface area contributed by atoms with Crippen LogP contribution in [0.25, 0.3) is 0 Å². The van der Waals surface area contributed by atoms with Crippen LogP contribution in [-0.4, -0.2) is 36.3 Å². The van der Waals surface area contributed by atoms with E-state index in [0.717, 1.165) is 32.1 Å². The fourth-order valence-corrected chi connectivity index (χ4v) is 3.07. The SMILES string of the molecule is N#Cc1ccc(OC2CCC(NC(=O)C3CCOC3)CC2)nc1. The molecule has 0 bridgehead atoms. The minimum atomic E-state index is 0.0202. The molecular formula is C17H21N3O3. The lowest BCUT2D eigenvalue weighted by Gasteiger charge is -2.29. The Labute approximate surface area is 135 Å². The van der Waals surface area contributed by atoms with Crippen LogP contribution in [-0.2, 0) is 9.53 Å². The van der Waals surface area contributed by atoms with E-state index in [1.807, 2.05) is 6.07 Å². The molecule has 1 amide bonds. The summed E-state index contributed by atoms with van der Waals surface area (Å²) in [6.45, 7) is 1.24. The van der Waals surface area contributed by atoms with E-state index in [-0.39, 0.29) is 24.0 Å². The Morgan fingerprint density at radius 1 is 1.30 bits per heavy atom. The number of rotatable bonds is 4. The molecule has 6 heteroatoms. The third-order valence-electron chi connectivity index (χ3n) is 4.47. The molecule has 0 aromatic carbocycles. The molecule has 1 N–H and O–H groups in total. The predicted molar refractivity (Wildman–Crippen MR) is 82.7 cm³/mol. The smallest absolute Gasteiger partial charge is 0.225 e. The number of carbonyl (C=O) groups is 1. The Balaban J connectivity index is 1.42. The van der Waals surface area contributed by atoms with Gasteiger partial charge >= 0.3 is 0 Å². The fraction of sp³-hybridized carbons (Fsp3) is 0.588. The van der Waals surface area contributed by atoms with E-state index < -0.39 is 0 Å². The van der Waals surface area contributed by atoms with Gasteiger partial charge in [0.25, 0.3) is 0 Å². The third kappa shape index (κ3) is 4.20. The fourth-order valence-electron chi connectivity index (χ4n) is 3.07. The van der Waals surface area contributed by atoms with E-state index >= 15 is 0 Å². The number of ether oxygens (including phenoxy) is 2. The number of pyridine rings is 1. The molecule has 1 saturated heterocycles. The van der Waals surface area contributed by atoms with Gasteiger partial charge in [-0.3, -0.25) is 4.79 Å². The Bertz CT molecular complexity index is 568. The maximum absolute atomic E-state index is 12.1. The van der Waals surface area contributed by atoms with Crippen LogP contribution >= 0.6 is 0 Å². The topological polar surface area (TPSA) is 84.2 Å². The number of amides is 1. The van der Waals surface area contributed by atoms with Crippen LogP contribution in [0.5, 0.6) is 5.88 Å². The van der Waals surface area contributed by atoms with Crippen molar-refractivity contribution in [2.75, 3.05) is 13.2 Å². The molecular weight excluding hydrogens is 294 g/mol.